The molecule has 0 N–H and O–H groups in total. The van der Waals surface area contributed by atoms with Gasteiger partial charge in [-0.1, -0.05) is 48.5 Å². The first-order valence-electron chi connectivity index (χ1n) is 12.5. The van der Waals surface area contributed by atoms with E-state index in [0.29, 0.717) is 38.2 Å². The zero-order valence-electron chi connectivity index (χ0n) is 20.3. The number of para-hydroxylation sites is 1. The van der Waals surface area contributed by atoms with Crippen LogP contribution in [-0.4, -0.2) is 62.3 Å². The topological polar surface area (TPSA) is 80.6 Å². The van der Waals surface area contributed by atoms with Crippen LogP contribution in [0.25, 0.3) is 16.9 Å². The first kappa shape index (κ1) is 23.0. The molecule has 8 heteroatoms. The molecule has 4 heterocycles. The Hall–Kier alpha value is -4.46. The Kier molecular flexibility index (Phi) is 6.14. The second-order valence-electron chi connectivity index (χ2n) is 9.33. The molecule has 0 radical (unpaired) electrons. The molecule has 1 atom stereocenters. The number of likely N-dealkylation sites (tertiary alicyclic amines) is 1. The summed E-state index contributed by atoms with van der Waals surface area (Å²) >= 11 is 0. The largest absolute Gasteiger partial charge is 0.447 e. The zero-order valence-corrected chi connectivity index (χ0v) is 20.3. The number of pyridine rings is 1. The first-order chi connectivity index (χ1) is 18.2. The molecule has 186 valence electrons. The van der Waals surface area contributed by atoms with Crippen LogP contribution in [0, 0.1) is 0 Å². The van der Waals surface area contributed by atoms with Gasteiger partial charge in [0.2, 0.25) is 0 Å². The van der Waals surface area contributed by atoms with E-state index in [1.807, 2.05) is 88.7 Å². The number of aromatic nitrogens is 3. The lowest BCUT2D eigenvalue weighted by atomic mass is 9.99. The molecular weight excluding hydrogens is 466 g/mol. The van der Waals surface area contributed by atoms with E-state index in [1.54, 1.807) is 17.1 Å². The van der Waals surface area contributed by atoms with Gasteiger partial charge in [-0.25, -0.2) is 9.48 Å². The van der Waals surface area contributed by atoms with E-state index < -0.39 is 0 Å². The lowest BCUT2D eigenvalue weighted by Crippen LogP contribution is -2.47. The molecule has 0 spiro atoms. The number of piperidine rings is 1. The molecule has 2 aliphatic heterocycles. The fourth-order valence-corrected chi connectivity index (χ4v) is 5.26. The van der Waals surface area contributed by atoms with Gasteiger partial charge < -0.3 is 9.64 Å². The van der Waals surface area contributed by atoms with Gasteiger partial charge in [-0.05, 0) is 48.7 Å². The van der Waals surface area contributed by atoms with Crippen LogP contribution in [0.5, 0.6) is 0 Å². The summed E-state index contributed by atoms with van der Waals surface area (Å²) in [6.45, 7) is 1.46. The van der Waals surface area contributed by atoms with Crippen molar-refractivity contribution in [2.45, 2.75) is 24.9 Å². The van der Waals surface area contributed by atoms with E-state index in [-0.39, 0.29) is 24.1 Å². The molecule has 0 aliphatic carbocycles. The summed E-state index contributed by atoms with van der Waals surface area (Å²) in [5.41, 5.74) is 4.12. The molecule has 2 saturated heterocycles. The molecule has 2 aromatic carbocycles. The number of amides is 2. The number of hydrogen-bond donors (Lipinski definition) is 0. The molecule has 2 aliphatic rings. The maximum Gasteiger partial charge on any atom is 0.410 e. The molecule has 0 unspecified atom stereocenters. The van der Waals surface area contributed by atoms with E-state index in [0.717, 1.165) is 22.5 Å². The third-order valence-corrected chi connectivity index (χ3v) is 7.15. The molecular formula is C29H27N5O3. The molecule has 2 fully saturated rings. The first-order valence-corrected chi connectivity index (χ1v) is 12.5. The summed E-state index contributed by atoms with van der Waals surface area (Å²) in [6, 6.07) is 25.4. The van der Waals surface area contributed by atoms with Gasteiger partial charge in [0, 0.05) is 37.1 Å². The predicted molar refractivity (Wildman–Crippen MR) is 138 cm³/mol. The number of carbonyl (C=O) groups is 2. The average Bonchev–Trinajstić information content (AvgIpc) is 3.59. The van der Waals surface area contributed by atoms with E-state index in [4.69, 9.17) is 9.84 Å². The van der Waals surface area contributed by atoms with Crippen molar-refractivity contribution in [3.05, 3.63) is 103 Å². The van der Waals surface area contributed by atoms with Gasteiger partial charge >= 0.3 is 6.09 Å². The van der Waals surface area contributed by atoms with Crippen molar-refractivity contribution in [1.82, 2.24) is 24.6 Å². The Morgan fingerprint density at radius 3 is 2.27 bits per heavy atom. The number of rotatable bonds is 5. The molecule has 2 aromatic heterocycles. The fourth-order valence-electron chi connectivity index (χ4n) is 5.26. The highest BCUT2D eigenvalue weighted by Gasteiger charge is 2.40. The Labute approximate surface area is 215 Å². The molecule has 6 rings (SSSR count). The van der Waals surface area contributed by atoms with Gasteiger partial charge in [-0.15, -0.1) is 0 Å². The molecule has 2 amide bonds. The summed E-state index contributed by atoms with van der Waals surface area (Å²) in [7, 11) is 0. The minimum atomic E-state index is -0.276. The maximum atomic E-state index is 13.5. The number of carbonyl (C=O) groups excluding carboxylic acids is 2. The Balaban J connectivity index is 1.21. The number of ether oxygens (including phenoxy) is 1. The number of benzene rings is 2. The van der Waals surface area contributed by atoms with Crippen LogP contribution < -0.4 is 0 Å². The highest BCUT2D eigenvalue weighted by Crippen LogP contribution is 2.33. The summed E-state index contributed by atoms with van der Waals surface area (Å²) < 4.78 is 7.22. The van der Waals surface area contributed by atoms with E-state index in [2.05, 4.69) is 4.98 Å². The van der Waals surface area contributed by atoms with Crippen LogP contribution in [0.4, 0.5) is 4.79 Å². The quantitative estimate of drug-likeness (QED) is 0.402. The smallest absolute Gasteiger partial charge is 0.410 e. The van der Waals surface area contributed by atoms with Crippen LogP contribution in [-0.2, 0) is 4.74 Å². The number of nitrogens with zero attached hydrogens (tertiary/aromatic N) is 5. The second kappa shape index (κ2) is 9.89. The maximum absolute atomic E-state index is 13.5. The predicted octanol–water partition coefficient (Wildman–Crippen LogP) is 4.73. The third kappa shape index (κ3) is 4.46. The van der Waals surface area contributed by atoms with Crippen molar-refractivity contribution in [3.63, 3.8) is 0 Å². The minimum Gasteiger partial charge on any atom is -0.447 e. The summed E-state index contributed by atoms with van der Waals surface area (Å²) in [5.74, 6) is -0.105. The Morgan fingerprint density at radius 2 is 1.57 bits per heavy atom. The normalized spacial score (nSPS) is 18.2. The Bertz CT molecular complexity index is 1330. The average molecular weight is 494 g/mol. The highest BCUT2D eigenvalue weighted by molar-refractivity contribution is 5.93. The lowest BCUT2D eigenvalue weighted by Gasteiger charge is -2.37. The zero-order chi connectivity index (χ0) is 25.2. The van der Waals surface area contributed by atoms with E-state index in [9.17, 15) is 9.59 Å². The SMILES string of the molecule is O=C(c1cc(-c2ccncc2)n(-c2ccccc2)n1)N1CCC(N2C(=O)OC[C@H]2c2ccccc2)CC1. The van der Waals surface area contributed by atoms with Crippen molar-refractivity contribution >= 4 is 12.0 Å². The van der Waals surface area contributed by atoms with Gasteiger partial charge in [-0.3, -0.25) is 14.7 Å². The van der Waals surface area contributed by atoms with E-state index in [1.165, 1.54) is 0 Å². The van der Waals surface area contributed by atoms with Crippen LogP contribution in [0.2, 0.25) is 0 Å². The van der Waals surface area contributed by atoms with Crippen LogP contribution in [0.3, 0.4) is 0 Å². The lowest BCUT2D eigenvalue weighted by molar-refractivity contribution is 0.0630. The highest BCUT2D eigenvalue weighted by atomic mass is 16.6. The fraction of sp³-hybridized carbons (Fsp3) is 0.241. The van der Waals surface area contributed by atoms with Crippen molar-refractivity contribution < 1.29 is 14.3 Å². The van der Waals surface area contributed by atoms with E-state index >= 15 is 0 Å². The van der Waals surface area contributed by atoms with Gasteiger partial charge in [0.05, 0.1) is 17.4 Å². The van der Waals surface area contributed by atoms with Crippen molar-refractivity contribution in [2.75, 3.05) is 19.7 Å². The van der Waals surface area contributed by atoms with Crippen molar-refractivity contribution in [2.24, 2.45) is 0 Å². The molecule has 4 aromatic rings. The number of cyclic esters (lactones) is 1. The summed E-state index contributed by atoms with van der Waals surface area (Å²) in [4.78, 5) is 34.0. The summed E-state index contributed by atoms with van der Waals surface area (Å²) in [5, 5.41) is 4.71. The van der Waals surface area contributed by atoms with Gasteiger partial charge in [0.25, 0.3) is 5.91 Å². The van der Waals surface area contributed by atoms with Crippen LogP contribution >= 0.6 is 0 Å². The molecule has 8 nitrogen and oxygen atoms in total. The van der Waals surface area contributed by atoms with Crippen LogP contribution in [0.1, 0.15) is 34.9 Å². The standard InChI is InChI=1S/C29H27N5O3/c35-28(25-19-26(22-11-15-30-16-12-22)34(31-25)24-9-5-2-6-10-24)32-17-13-23(14-18-32)33-27(20-37-29(33)36)21-7-3-1-4-8-21/h1-12,15-16,19,23,27H,13-14,17-18,20H2/t27-/m0/s1. The monoisotopic (exact) mass is 493 g/mol. The van der Waals surface area contributed by atoms with Crippen LogP contribution in [0.15, 0.2) is 91.3 Å². The molecule has 0 bridgehead atoms. The van der Waals surface area contributed by atoms with Gasteiger partial charge in [0.15, 0.2) is 5.69 Å². The van der Waals surface area contributed by atoms with Gasteiger partial charge in [0.1, 0.15) is 6.61 Å². The van der Waals surface area contributed by atoms with Crippen molar-refractivity contribution in [3.8, 4) is 16.9 Å². The second-order valence-corrected chi connectivity index (χ2v) is 9.33. The molecule has 0 saturated carbocycles. The third-order valence-electron chi connectivity index (χ3n) is 7.15. The van der Waals surface area contributed by atoms with Crippen molar-refractivity contribution in [1.29, 1.82) is 0 Å². The molecule has 37 heavy (non-hydrogen) atoms. The Morgan fingerprint density at radius 1 is 0.892 bits per heavy atom. The van der Waals surface area contributed by atoms with Gasteiger partial charge in [-0.2, -0.15) is 5.10 Å². The summed E-state index contributed by atoms with van der Waals surface area (Å²) in [6.07, 6.45) is 4.58. The number of hydrogen-bond acceptors (Lipinski definition) is 5. The minimum absolute atomic E-state index is 0.0264.